The molecule has 2 aromatic carbocycles. The molecule has 7 nitrogen and oxygen atoms in total. The third-order valence-corrected chi connectivity index (χ3v) is 1.88. The van der Waals surface area contributed by atoms with Crippen molar-refractivity contribution in [2.24, 2.45) is 0 Å². The second-order valence-electron chi connectivity index (χ2n) is 3.42. The van der Waals surface area contributed by atoms with E-state index in [0.29, 0.717) is 5.39 Å². The summed E-state index contributed by atoms with van der Waals surface area (Å²) in [6, 6.07) is 10.6. The lowest BCUT2D eigenvalue weighted by Crippen LogP contribution is -1.89. The number of aromatic hydroxyl groups is 2. The summed E-state index contributed by atoms with van der Waals surface area (Å²) in [7, 11) is -4.67. The Hall–Kier alpha value is -1.87. The van der Waals surface area contributed by atoms with Gasteiger partial charge >= 0.3 is 10.4 Å². The molecule has 2 rings (SSSR count). The van der Waals surface area contributed by atoms with Gasteiger partial charge in [-0.1, -0.05) is 30.3 Å². The van der Waals surface area contributed by atoms with Gasteiger partial charge in [0.15, 0.2) is 11.5 Å². The van der Waals surface area contributed by atoms with Crippen molar-refractivity contribution in [2.45, 2.75) is 6.92 Å². The number of benzene rings is 2. The molecule has 5 N–H and O–H groups in total. The number of aliphatic hydroxyl groups excluding tert-OH is 1. The fourth-order valence-corrected chi connectivity index (χ4v) is 1.24. The molecule has 0 radical (unpaired) electrons. The Morgan fingerprint density at radius 1 is 1.00 bits per heavy atom. The van der Waals surface area contributed by atoms with E-state index in [9.17, 15) is 5.11 Å². The van der Waals surface area contributed by atoms with E-state index in [1.54, 1.807) is 19.1 Å². The van der Waals surface area contributed by atoms with Gasteiger partial charge in [0.25, 0.3) is 0 Å². The molecule has 8 heteroatoms. The van der Waals surface area contributed by atoms with Crippen LogP contribution in [0.3, 0.4) is 0 Å². The highest BCUT2D eigenvalue weighted by molar-refractivity contribution is 7.79. The highest BCUT2D eigenvalue weighted by atomic mass is 32.3. The molecule has 0 saturated heterocycles. The van der Waals surface area contributed by atoms with Crippen molar-refractivity contribution in [1.82, 2.24) is 0 Å². The molecule has 112 valence electrons. The predicted molar refractivity (Wildman–Crippen MR) is 74.2 cm³/mol. The summed E-state index contributed by atoms with van der Waals surface area (Å²) in [6.45, 7) is 1.93. The van der Waals surface area contributed by atoms with E-state index in [1.807, 2.05) is 18.2 Å². The quantitative estimate of drug-likeness (QED) is 0.368. The van der Waals surface area contributed by atoms with Crippen molar-refractivity contribution < 1.29 is 32.8 Å². The largest absolute Gasteiger partial charge is 0.504 e. The third-order valence-electron chi connectivity index (χ3n) is 1.88. The Morgan fingerprint density at radius 3 is 1.95 bits per heavy atom. The maximum absolute atomic E-state index is 9.41. The molecule has 0 aliphatic rings. The molecule has 0 amide bonds. The van der Waals surface area contributed by atoms with Crippen LogP contribution in [0.15, 0.2) is 36.4 Å². The van der Waals surface area contributed by atoms with Crippen molar-refractivity contribution in [2.75, 3.05) is 6.61 Å². The summed E-state index contributed by atoms with van der Waals surface area (Å²) in [4.78, 5) is 0. The van der Waals surface area contributed by atoms with E-state index < -0.39 is 10.4 Å². The SMILES string of the molecule is CCO.O=S(=O)(O)O.Oc1ccc2ccccc2c1O. The Balaban J connectivity index is 0.000000382. The molecule has 0 atom stereocenters. The molecular weight excluding hydrogens is 288 g/mol. The lowest BCUT2D eigenvalue weighted by Gasteiger charge is -2.01. The zero-order chi connectivity index (χ0) is 15.8. The minimum atomic E-state index is -4.67. The van der Waals surface area contributed by atoms with Crippen molar-refractivity contribution in [3.8, 4) is 11.5 Å². The molecule has 0 aromatic heterocycles. The van der Waals surface area contributed by atoms with E-state index in [4.69, 9.17) is 27.7 Å². The van der Waals surface area contributed by atoms with Gasteiger partial charge in [-0.25, -0.2) is 0 Å². The molecule has 0 fully saturated rings. The van der Waals surface area contributed by atoms with Crippen molar-refractivity contribution in [3.63, 3.8) is 0 Å². The van der Waals surface area contributed by atoms with Gasteiger partial charge in [-0.2, -0.15) is 8.42 Å². The van der Waals surface area contributed by atoms with E-state index >= 15 is 0 Å². The van der Waals surface area contributed by atoms with Crippen molar-refractivity contribution >= 4 is 21.2 Å². The molecule has 0 bridgehead atoms. The molecule has 20 heavy (non-hydrogen) atoms. The van der Waals surface area contributed by atoms with Gasteiger partial charge in [-0.3, -0.25) is 9.11 Å². The van der Waals surface area contributed by atoms with Crippen LogP contribution in [-0.4, -0.2) is 39.4 Å². The second kappa shape index (κ2) is 8.33. The molecule has 0 aliphatic heterocycles. The number of rotatable bonds is 0. The third kappa shape index (κ3) is 7.54. The average Bonchev–Trinajstić information content (AvgIpc) is 2.33. The monoisotopic (exact) mass is 304 g/mol. The van der Waals surface area contributed by atoms with Gasteiger partial charge in [-0.05, 0) is 18.4 Å². The molecule has 0 unspecified atom stereocenters. The van der Waals surface area contributed by atoms with Gasteiger partial charge in [0.05, 0.1) is 0 Å². The van der Waals surface area contributed by atoms with Crippen LogP contribution < -0.4 is 0 Å². The summed E-state index contributed by atoms with van der Waals surface area (Å²) in [6.07, 6.45) is 0. The fourth-order valence-electron chi connectivity index (χ4n) is 1.24. The number of phenols is 2. The first-order valence-electron chi connectivity index (χ1n) is 5.41. The maximum Gasteiger partial charge on any atom is 0.394 e. The first-order chi connectivity index (χ1) is 9.20. The Labute approximate surface area is 116 Å². The zero-order valence-electron chi connectivity index (χ0n) is 10.6. The smallest absolute Gasteiger partial charge is 0.394 e. The summed E-state index contributed by atoms with van der Waals surface area (Å²) in [5.41, 5.74) is 0. The summed E-state index contributed by atoms with van der Waals surface area (Å²) >= 11 is 0. The van der Waals surface area contributed by atoms with Crippen LogP contribution >= 0.6 is 0 Å². The fraction of sp³-hybridized carbons (Fsp3) is 0.167. The number of aliphatic hydroxyl groups is 1. The highest BCUT2D eigenvalue weighted by Gasteiger charge is 2.02. The molecule has 0 saturated carbocycles. The first kappa shape index (κ1) is 18.1. The van der Waals surface area contributed by atoms with Crippen molar-refractivity contribution in [3.05, 3.63) is 36.4 Å². The van der Waals surface area contributed by atoms with Crippen LogP contribution in [0.5, 0.6) is 11.5 Å². The van der Waals surface area contributed by atoms with E-state index in [2.05, 4.69) is 0 Å². The van der Waals surface area contributed by atoms with Gasteiger partial charge in [0, 0.05) is 12.0 Å². The van der Waals surface area contributed by atoms with Gasteiger partial charge in [0.1, 0.15) is 0 Å². The number of hydrogen-bond acceptors (Lipinski definition) is 5. The molecule has 0 spiro atoms. The van der Waals surface area contributed by atoms with Gasteiger partial charge in [-0.15, -0.1) is 0 Å². The van der Waals surface area contributed by atoms with Crippen LogP contribution in [0.2, 0.25) is 0 Å². The Bertz CT molecular complexity index is 629. The maximum atomic E-state index is 9.41. The summed E-state index contributed by atoms with van der Waals surface area (Å²) in [5.74, 6) is -0.123. The minimum absolute atomic E-state index is 0.0481. The van der Waals surface area contributed by atoms with Crippen molar-refractivity contribution in [1.29, 1.82) is 0 Å². The van der Waals surface area contributed by atoms with E-state index in [-0.39, 0.29) is 18.1 Å². The topological polar surface area (TPSA) is 135 Å². The minimum Gasteiger partial charge on any atom is -0.504 e. The van der Waals surface area contributed by atoms with E-state index in [1.165, 1.54) is 6.07 Å². The number of fused-ring (bicyclic) bond motifs is 1. The molecule has 2 aromatic rings. The number of hydrogen-bond donors (Lipinski definition) is 5. The zero-order valence-corrected chi connectivity index (χ0v) is 11.4. The lowest BCUT2D eigenvalue weighted by atomic mass is 10.1. The van der Waals surface area contributed by atoms with Crippen LogP contribution in [0.1, 0.15) is 6.92 Å². The lowest BCUT2D eigenvalue weighted by molar-refractivity contribution is 0.318. The van der Waals surface area contributed by atoms with Crippen LogP contribution in [0.4, 0.5) is 0 Å². The van der Waals surface area contributed by atoms with Gasteiger partial charge < -0.3 is 15.3 Å². The molecule has 0 heterocycles. The van der Waals surface area contributed by atoms with E-state index in [0.717, 1.165) is 5.39 Å². The normalized spacial score (nSPS) is 10.0. The van der Waals surface area contributed by atoms with Crippen LogP contribution in [0, 0.1) is 0 Å². The number of phenolic OH excluding ortho intramolecular Hbond substituents is 2. The van der Waals surface area contributed by atoms with Crippen LogP contribution in [0.25, 0.3) is 10.8 Å². The standard InChI is InChI=1S/C10H8O2.C2H6O.H2O4S/c11-9-6-5-7-3-1-2-4-8(7)10(9)12;1-2-3;1-5(2,3)4/h1-6,11-12H;3H,2H2,1H3;(H2,1,2,3,4). The summed E-state index contributed by atoms with van der Waals surface area (Å²) in [5, 5.41) is 27.7. The first-order valence-corrected chi connectivity index (χ1v) is 6.80. The Kier molecular flexibility index (Phi) is 7.55. The molecule has 0 aliphatic carbocycles. The average molecular weight is 304 g/mol. The highest BCUT2D eigenvalue weighted by Crippen LogP contribution is 2.32. The van der Waals surface area contributed by atoms with Gasteiger partial charge in [0.2, 0.25) is 0 Å². The second-order valence-corrected chi connectivity index (χ2v) is 4.31. The summed E-state index contributed by atoms with van der Waals surface area (Å²) < 4.78 is 31.6. The Morgan fingerprint density at radius 2 is 1.45 bits per heavy atom. The predicted octanol–water partition coefficient (Wildman–Crippen LogP) is 1.60. The van der Waals surface area contributed by atoms with Crippen LogP contribution in [-0.2, 0) is 10.4 Å². The molecular formula is C12H16O7S.